The third-order valence-electron chi connectivity index (χ3n) is 3.59. The van der Waals surface area contributed by atoms with E-state index in [1.807, 2.05) is 16.7 Å². The quantitative estimate of drug-likeness (QED) is 0.870. The third-order valence-corrected chi connectivity index (χ3v) is 3.91. The van der Waals surface area contributed by atoms with Crippen LogP contribution in [0, 0.1) is 4.77 Å². The van der Waals surface area contributed by atoms with Crippen LogP contribution in [0.5, 0.6) is 0 Å². The van der Waals surface area contributed by atoms with Crippen molar-refractivity contribution in [1.82, 2.24) is 19.4 Å². The number of H-pyrrole nitrogens is 1. The minimum absolute atomic E-state index is 0.182. The Morgan fingerprint density at radius 2 is 2.47 bits per heavy atom. The predicted octanol–water partition coefficient (Wildman–Crippen LogP) is 1.81. The molecule has 0 aliphatic carbocycles. The van der Waals surface area contributed by atoms with Gasteiger partial charge in [-0.15, -0.1) is 0 Å². The molecule has 3 heterocycles. The molecular formula is C13H18N4OS. The number of aromatic nitrogens is 3. The normalized spacial score (nSPS) is 21.0. The predicted molar refractivity (Wildman–Crippen MR) is 76.8 cm³/mol. The van der Waals surface area contributed by atoms with E-state index < -0.39 is 0 Å². The Morgan fingerprint density at radius 3 is 3.32 bits per heavy atom. The molecule has 0 spiro atoms. The second kappa shape index (κ2) is 5.40. The molecule has 1 unspecified atom stereocenters. The van der Waals surface area contributed by atoms with Gasteiger partial charge in [0.1, 0.15) is 0 Å². The van der Waals surface area contributed by atoms with Gasteiger partial charge in [0.2, 0.25) is 0 Å². The van der Waals surface area contributed by atoms with Crippen LogP contribution in [0.25, 0.3) is 11.2 Å². The van der Waals surface area contributed by atoms with E-state index in [9.17, 15) is 0 Å². The highest BCUT2D eigenvalue weighted by Gasteiger charge is 2.20. The summed E-state index contributed by atoms with van der Waals surface area (Å²) in [6, 6.07) is 3.91. The van der Waals surface area contributed by atoms with E-state index in [0.717, 1.165) is 43.9 Å². The Kier molecular flexibility index (Phi) is 3.63. The summed E-state index contributed by atoms with van der Waals surface area (Å²) >= 11 is 5.38. The van der Waals surface area contributed by atoms with Crippen molar-refractivity contribution in [3.8, 4) is 0 Å². The van der Waals surface area contributed by atoms with Crippen LogP contribution in [0.3, 0.4) is 0 Å². The van der Waals surface area contributed by atoms with Crippen LogP contribution in [0.2, 0.25) is 0 Å². The van der Waals surface area contributed by atoms with Crippen molar-refractivity contribution < 1.29 is 4.74 Å². The Hall–Kier alpha value is -1.24. The zero-order chi connectivity index (χ0) is 13.2. The first-order chi connectivity index (χ1) is 9.28. The van der Waals surface area contributed by atoms with Gasteiger partial charge in [-0.05, 0) is 30.9 Å². The van der Waals surface area contributed by atoms with Crippen LogP contribution in [0.4, 0.5) is 0 Å². The number of rotatable bonds is 3. The summed E-state index contributed by atoms with van der Waals surface area (Å²) in [4.78, 5) is 9.99. The van der Waals surface area contributed by atoms with Gasteiger partial charge in [-0.2, -0.15) is 0 Å². The van der Waals surface area contributed by atoms with Crippen molar-refractivity contribution in [2.45, 2.75) is 19.6 Å². The van der Waals surface area contributed by atoms with E-state index in [0.29, 0.717) is 4.77 Å². The average Bonchev–Trinajstić information content (AvgIpc) is 2.76. The Morgan fingerprint density at radius 1 is 1.58 bits per heavy atom. The van der Waals surface area contributed by atoms with E-state index in [1.54, 1.807) is 6.20 Å². The molecule has 0 saturated carbocycles. The molecule has 1 aliphatic rings. The second-order valence-corrected chi connectivity index (χ2v) is 5.19. The smallest absolute Gasteiger partial charge is 0.179 e. The van der Waals surface area contributed by atoms with Crippen LogP contribution in [0.1, 0.15) is 6.92 Å². The van der Waals surface area contributed by atoms with Crippen LogP contribution >= 0.6 is 12.2 Å². The van der Waals surface area contributed by atoms with Gasteiger partial charge in [0.25, 0.3) is 0 Å². The number of aromatic amines is 1. The molecule has 2 aromatic rings. The number of pyridine rings is 1. The Bertz CT molecular complexity index is 620. The van der Waals surface area contributed by atoms with Gasteiger partial charge in [-0.1, -0.05) is 6.92 Å². The standard InChI is InChI=1S/C13H18N4OS/c1-2-16-6-7-18-10(8-16)9-17-12-11(15-13(17)19)4-3-5-14-12/h3-5,10H,2,6-9H2,1H3,(H,15,19). The van der Waals surface area contributed by atoms with Gasteiger partial charge in [-0.25, -0.2) is 4.98 Å². The van der Waals surface area contributed by atoms with Crippen molar-refractivity contribution in [2.75, 3.05) is 26.2 Å². The summed E-state index contributed by atoms with van der Waals surface area (Å²) in [5.41, 5.74) is 1.89. The highest BCUT2D eigenvalue weighted by atomic mass is 32.1. The summed E-state index contributed by atoms with van der Waals surface area (Å²) < 4.78 is 8.59. The fraction of sp³-hybridized carbons (Fsp3) is 0.538. The molecule has 1 fully saturated rings. The molecule has 0 radical (unpaired) electrons. The van der Waals surface area contributed by atoms with Crippen molar-refractivity contribution in [2.24, 2.45) is 0 Å². The van der Waals surface area contributed by atoms with E-state index in [1.165, 1.54) is 0 Å². The van der Waals surface area contributed by atoms with Gasteiger partial charge < -0.3 is 9.72 Å². The maximum atomic E-state index is 5.84. The summed E-state index contributed by atoms with van der Waals surface area (Å²) in [7, 11) is 0. The molecule has 102 valence electrons. The molecule has 19 heavy (non-hydrogen) atoms. The van der Waals surface area contributed by atoms with Gasteiger partial charge >= 0.3 is 0 Å². The SMILES string of the molecule is CCN1CCOC(Cn2c(=S)[nH]c3cccnc32)C1. The van der Waals surface area contributed by atoms with E-state index in [-0.39, 0.29) is 6.10 Å². The zero-order valence-electron chi connectivity index (χ0n) is 11.0. The highest BCUT2D eigenvalue weighted by molar-refractivity contribution is 7.71. The number of nitrogens with one attached hydrogen (secondary N) is 1. The van der Waals surface area contributed by atoms with E-state index in [2.05, 4.69) is 21.8 Å². The lowest BCUT2D eigenvalue weighted by Gasteiger charge is -2.32. The molecule has 1 atom stereocenters. The molecule has 5 nitrogen and oxygen atoms in total. The van der Waals surface area contributed by atoms with Gasteiger partial charge in [-0.3, -0.25) is 9.47 Å². The lowest BCUT2D eigenvalue weighted by Crippen LogP contribution is -2.43. The second-order valence-electron chi connectivity index (χ2n) is 4.80. The fourth-order valence-corrected chi connectivity index (χ4v) is 2.81. The number of hydrogen-bond donors (Lipinski definition) is 1. The zero-order valence-corrected chi connectivity index (χ0v) is 11.8. The highest BCUT2D eigenvalue weighted by Crippen LogP contribution is 2.14. The fourth-order valence-electron chi connectivity index (χ4n) is 2.54. The van der Waals surface area contributed by atoms with Crippen molar-refractivity contribution in [3.05, 3.63) is 23.1 Å². The van der Waals surface area contributed by atoms with Crippen molar-refractivity contribution in [1.29, 1.82) is 0 Å². The first-order valence-corrected chi connectivity index (χ1v) is 7.06. The number of likely N-dealkylation sites (N-methyl/N-ethyl adjacent to an activating group) is 1. The molecule has 3 rings (SSSR count). The summed E-state index contributed by atoms with van der Waals surface area (Å²) in [5.74, 6) is 0. The summed E-state index contributed by atoms with van der Waals surface area (Å²) in [6.07, 6.45) is 1.98. The summed E-state index contributed by atoms with van der Waals surface area (Å²) in [6.45, 7) is 6.77. The van der Waals surface area contributed by atoms with Crippen LogP contribution < -0.4 is 0 Å². The van der Waals surface area contributed by atoms with E-state index >= 15 is 0 Å². The lowest BCUT2D eigenvalue weighted by atomic mass is 10.2. The molecule has 1 saturated heterocycles. The number of ether oxygens (including phenoxy) is 1. The first-order valence-electron chi connectivity index (χ1n) is 6.65. The number of nitrogens with zero attached hydrogens (tertiary/aromatic N) is 3. The molecule has 0 aromatic carbocycles. The Labute approximate surface area is 117 Å². The molecule has 1 N–H and O–H groups in total. The van der Waals surface area contributed by atoms with Crippen LogP contribution in [-0.4, -0.2) is 51.8 Å². The minimum atomic E-state index is 0.182. The molecule has 0 bridgehead atoms. The number of morpholine rings is 1. The lowest BCUT2D eigenvalue weighted by molar-refractivity contribution is -0.0340. The van der Waals surface area contributed by atoms with Gasteiger partial charge in [0.05, 0.1) is 24.8 Å². The number of fused-ring (bicyclic) bond motifs is 1. The number of hydrogen-bond acceptors (Lipinski definition) is 4. The monoisotopic (exact) mass is 278 g/mol. The largest absolute Gasteiger partial charge is 0.374 e. The van der Waals surface area contributed by atoms with Gasteiger partial charge in [0, 0.05) is 19.3 Å². The van der Waals surface area contributed by atoms with Crippen molar-refractivity contribution >= 4 is 23.4 Å². The van der Waals surface area contributed by atoms with Crippen LogP contribution in [-0.2, 0) is 11.3 Å². The summed E-state index contributed by atoms with van der Waals surface area (Å²) in [5, 5.41) is 0. The van der Waals surface area contributed by atoms with Crippen LogP contribution in [0.15, 0.2) is 18.3 Å². The first kappa shape index (κ1) is 12.8. The third kappa shape index (κ3) is 2.56. The minimum Gasteiger partial charge on any atom is -0.374 e. The molecule has 0 amide bonds. The maximum absolute atomic E-state index is 5.84. The molecular weight excluding hydrogens is 260 g/mol. The molecule has 2 aromatic heterocycles. The van der Waals surface area contributed by atoms with E-state index in [4.69, 9.17) is 17.0 Å². The topological polar surface area (TPSA) is 46.1 Å². The molecule has 6 heteroatoms. The maximum Gasteiger partial charge on any atom is 0.179 e. The molecule has 1 aliphatic heterocycles. The Balaban J connectivity index is 1.85. The average molecular weight is 278 g/mol. The van der Waals surface area contributed by atoms with Crippen molar-refractivity contribution in [3.63, 3.8) is 0 Å². The number of imidazole rings is 1. The van der Waals surface area contributed by atoms with Gasteiger partial charge in [0.15, 0.2) is 10.4 Å².